The number of benzene rings is 2. The summed E-state index contributed by atoms with van der Waals surface area (Å²) in [4.78, 5) is 45.5. The van der Waals surface area contributed by atoms with Crippen LogP contribution in [0.2, 0.25) is 0 Å². The number of nitrogens with one attached hydrogen (secondary N) is 3. The molecule has 0 aliphatic heterocycles. The van der Waals surface area contributed by atoms with E-state index in [2.05, 4.69) is 25.9 Å². The Morgan fingerprint density at radius 2 is 1.84 bits per heavy atom. The van der Waals surface area contributed by atoms with E-state index in [1.54, 1.807) is 25.3 Å². The number of amides is 2. The van der Waals surface area contributed by atoms with Gasteiger partial charge in [0.05, 0.1) is 20.2 Å². The van der Waals surface area contributed by atoms with Crippen molar-refractivity contribution < 1.29 is 23.9 Å². The molecule has 222 valence electrons. The molecule has 43 heavy (non-hydrogen) atoms. The minimum absolute atomic E-state index is 0.0191. The first-order valence-electron chi connectivity index (χ1n) is 13.5. The lowest BCUT2D eigenvalue weighted by molar-refractivity contribution is -0.121. The second-order valence-corrected chi connectivity index (χ2v) is 10.3. The Morgan fingerprint density at radius 3 is 2.56 bits per heavy atom. The van der Waals surface area contributed by atoms with E-state index in [0.717, 1.165) is 32.7 Å². The van der Waals surface area contributed by atoms with Crippen LogP contribution in [0.3, 0.4) is 0 Å². The number of Topliss-reactive ketones (excluding diaryl/α,β-unsaturated/α-hetero) is 1. The molecule has 2 heterocycles. The molecule has 3 N–H and O–H groups in total. The van der Waals surface area contributed by atoms with Gasteiger partial charge < -0.3 is 25.4 Å². The lowest BCUT2D eigenvalue weighted by Crippen LogP contribution is -2.31. The molecule has 0 radical (unpaired) electrons. The Hall–Kier alpha value is -4.90. The molecule has 0 bridgehead atoms. The van der Waals surface area contributed by atoms with Gasteiger partial charge in [-0.2, -0.15) is 0 Å². The summed E-state index contributed by atoms with van der Waals surface area (Å²) in [5.74, 6) is 0.944. The predicted octanol–water partition coefficient (Wildman–Crippen LogP) is 5.02. The van der Waals surface area contributed by atoms with Crippen LogP contribution in [-0.4, -0.2) is 54.0 Å². The van der Waals surface area contributed by atoms with Crippen LogP contribution < -0.4 is 25.4 Å². The molecule has 4 rings (SSSR count). The molecule has 2 aromatic carbocycles. The van der Waals surface area contributed by atoms with Gasteiger partial charge >= 0.3 is 0 Å². The number of para-hydroxylation sites is 1. The van der Waals surface area contributed by atoms with Gasteiger partial charge in [0.25, 0.3) is 0 Å². The molecule has 2 amide bonds. The molecule has 0 spiro atoms. The molecule has 4 aromatic rings. The fourth-order valence-electron chi connectivity index (χ4n) is 4.22. The zero-order valence-corrected chi connectivity index (χ0v) is 25.2. The highest BCUT2D eigenvalue weighted by Gasteiger charge is 2.16. The largest absolute Gasteiger partial charge is 0.496 e. The van der Waals surface area contributed by atoms with Gasteiger partial charge in [-0.25, -0.2) is 9.97 Å². The molecule has 2 aromatic heterocycles. The second kappa shape index (κ2) is 14.8. The average molecular weight is 600 g/mol. The molecule has 0 saturated carbocycles. The minimum atomic E-state index is -0.411. The van der Waals surface area contributed by atoms with Crippen molar-refractivity contribution in [3.63, 3.8) is 0 Å². The number of hydrogen-bond acceptors (Lipinski definition) is 9. The number of aromatic nitrogens is 2. The van der Waals surface area contributed by atoms with Crippen molar-refractivity contribution in [3.05, 3.63) is 83.7 Å². The van der Waals surface area contributed by atoms with Crippen LogP contribution in [0.1, 0.15) is 23.7 Å². The minimum Gasteiger partial charge on any atom is -0.496 e. The third kappa shape index (κ3) is 8.55. The summed E-state index contributed by atoms with van der Waals surface area (Å²) in [5, 5.41) is 9.36. The quantitative estimate of drug-likeness (QED) is 0.143. The molecule has 0 aliphatic carbocycles. The van der Waals surface area contributed by atoms with E-state index in [0.29, 0.717) is 22.9 Å². The number of aryl methyl sites for hydroxylation is 1. The van der Waals surface area contributed by atoms with E-state index in [9.17, 15) is 14.4 Å². The Bertz CT molecular complexity index is 1660. The van der Waals surface area contributed by atoms with Crippen LogP contribution in [0.25, 0.3) is 17.0 Å². The molecule has 10 nitrogen and oxygen atoms in total. The van der Waals surface area contributed by atoms with Crippen LogP contribution in [0, 0.1) is 6.92 Å². The first kappa shape index (κ1) is 31.0. The summed E-state index contributed by atoms with van der Waals surface area (Å²) in [6.45, 7) is 3.47. The van der Waals surface area contributed by atoms with Crippen LogP contribution in [-0.2, 0) is 21.0 Å². The second-order valence-electron chi connectivity index (χ2n) is 9.50. The molecule has 0 saturated heterocycles. The Morgan fingerprint density at radius 1 is 1.00 bits per heavy atom. The standard InChI is InChI=1S/C32H33N5O5S/c1-20-8-11-23-6-5-7-28(31(23)36-20)42-19-25-27(41-3)13-12-26(32(25)43-4)33-17-24(39)18-35-30(40)15-10-22-9-14-29(34-16-22)37-21(2)38/h5-16,33H,17-19H2,1-4H3,(H,35,40)(H,34,37,38). The number of fused-ring (bicyclic) bond motifs is 1. The van der Waals surface area contributed by atoms with Crippen molar-refractivity contribution >= 4 is 57.8 Å². The van der Waals surface area contributed by atoms with Gasteiger partial charge in [-0.3, -0.25) is 14.4 Å². The van der Waals surface area contributed by atoms with E-state index < -0.39 is 5.91 Å². The molecule has 0 aliphatic rings. The SMILES string of the molecule is COc1ccc(NCC(=O)CNC(=O)C=Cc2ccc(NC(C)=O)nc2)c(SC)c1COc1cccc2ccc(C)nc12. The van der Waals surface area contributed by atoms with Crippen LogP contribution >= 0.6 is 11.8 Å². The van der Waals surface area contributed by atoms with Crippen LogP contribution in [0.4, 0.5) is 11.5 Å². The summed E-state index contributed by atoms with van der Waals surface area (Å²) in [7, 11) is 1.61. The van der Waals surface area contributed by atoms with Crippen molar-refractivity contribution in [2.75, 3.05) is 37.1 Å². The number of nitrogens with zero attached hydrogens (tertiary/aromatic N) is 2. The number of anilines is 2. The monoisotopic (exact) mass is 599 g/mol. The number of pyridine rings is 2. The first-order valence-corrected chi connectivity index (χ1v) is 14.7. The fourth-order valence-corrected chi connectivity index (χ4v) is 4.99. The van der Waals surface area contributed by atoms with Gasteiger partial charge in [-0.05, 0) is 61.2 Å². The fraction of sp³-hybridized carbons (Fsp3) is 0.219. The number of hydrogen-bond donors (Lipinski definition) is 3. The van der Waals surface area contributed by atoms with Crippen molar-refractivity contribution in [3.8, 4) is 11.5 Å². The molecule has 11 heteroatoms. The van der Waals surface area contributed by atoms with Crippen molar-refractivity contribution in [1.82, 2.24) is 15.3 Å². The number of ketones is 1. The van der Waals surface area contributed by atoms with Gasteiger partial charge in [0.15, 0.2) is 5.78 Å². The topological polar surface area (TPSA) is 132 Å². The van der Waals surface area contributed by atoms with E-state index in [-0.39, 0.29) is 31.4 Å². The van der Waals surface area contributed by atoms with E-state index in [1.165, 1.54) is 31.0 Å². The third-order valence-corrected chi connectivity index (χ3v) is 7.16. The van der Waals surface area contributed by atoms with Gasteiger partial charge in [-0.15, -0.1) is 11.8 Å². The molecule has 0 unspecified atom stereocenters. The van der Waals surface area contributed by atoms with Crippen LogP contribution in [0.5, 0.6) is 11.5 Å². The normalized spacial score (nSPS) is 10.9. The lowest BCUT2D eigenvalue weighted by atomic mass is 10.1. The maximum atomic E-state index is 12.6. The average Bonchev–Trinajstić information content (AvgIpc) is 3.00. The smallest absolute Gasteiger partial charge is 0.244 e. The van der Waals surface area contributed by atoms with E-state index in [1.807, 2.05) is 55.6 Å². The number of methoxy groups -OCH3 is 1. The summed E-state index contributed by atoms with van der Waals surface area (Å²) >= 11 is 1.52. The number of ether oxygens (including phenoxy) is 2. The zero-order chi connectivity index (χ0) is 30.8. The summed E-state index contributed by atoms with van der Waals surface area (Å²) in [6, 6.07) is 16.9. The highest BCUT2D eigenvalue weighted by molar-refractivity contribution is 7.98. The lowest BCUT2D eigenvalue weighted by Gasteiger charge is -2.18. The van der Waals surface area contributed by atoms with Gasteiger partial charge in [-0.1, -0.05) is 18.2 Å². The molecule has 0 atom stereocenters. The summed E-state index contributed by atoms with van der Waals surface area (Å²) < 4.78 is 11.9. The number of rotatable bonds is 13. The molecular formula is C32H33N5O5S. The third-order valence-electron chi connectivity index (χ3n) is 6.29. The van der Waals surface area contributed by atoms with Gasteiger partial charge in [0, 0.05) is 46.4 Å². The van der Waals surface area contributed by atoms with E-state index >= 15 is 0 Å². The number of carbonyl (C=O) groups is 3. The molecular weight excluding hydrogens is 566 g/mol. The van der Waals surface area contributed by atoms with Crippen molar-refractivity contribution in [2.24, 2.45) is 0 Å². The number of carbonyl (C=O) groups excluding carboxylic acids is 3. The maximum absolute atomic E-state index is 12.6. The van der Waals surface area contributed by atoms with Crippen molar-refractivity contribution in [2.45, 2.75) is 25.3 Å². The Labute approximate surface area is 254 Å². The summed E-state index contributed by atoms with van der Waals surface area (Å²) in [6.07, 6.45) is 6.37. The predicted molar refractivity (Wildman–Crippen MR) is 170 cm³/mol. The first-order chi connectivity index (χ1) is 20.8. The Balaban J connectivity index is 1.35. The highest BCUT2D eigenvalue weighted by Crippen LogP contribution is 2.37. The zero-order valence-electron chi connectivity index (χ0n) is 24.4. The van der Waals surface area contributed by atoms with Gasteiger partial charge in [0.2, 0.25) is 11.8 Å². The van der Waals surface area contributed by atoms with Crippen molar-refractivity contribution in [1.29, 1.82) is 0 Å². The molecule has 0 fully saturated rings. The Kier molecular flexibility index (Phi) is 10.7. The summed E-state index contributed by atoms with van der Waals surface area (Å²) in [5.41, 5.74) is 3.97. The van der Waals surface area contributed by atoms with Crippen LogP contribution in [0.15, 0.2) is 71.8 Å². The number of thioether (sulfide) groups is 1. The maximum Gasteiger partial charge on any atom is 0.244 e. The van der Waals surface area contributed by atoms with E-state index in [4.69, 9.17) is 9.47 Å². The van der Waals surface area contributed by atoms with Gasteiger partial charge in [0.1, 0.15) is 29.4 Å². The highest BCUT2D eigenvalue weighted by atomic mass is 32.2.